The van der Waals surface area contributed by atoms with E-state index in [1.807, 2.05) is 13.8 Å². The first-order valence-electron chi connectivity index (χ1n) is 12.7. The molecule has 2 fully saturated rings. The SMILES string of the molecule is CC1CC(C)O[C@@H](O[C@@H]2C(C)C(=O)OC[C@@](C)(O)C(O)C(C)C(=O)[C@H](C)C[C@@](C)(O)C[C@H]2C)C1. The van der Waals surface area contributed by atoms with Gasteiger partial charge in [-0.3, -0.25) is 9.59 Å². The lowest BCUT2D eigenvalue weighted by atomic mass is 9.76. The van der Waals surface area contributed by atoms with Crippen LogP contribution in [0.5, 0.6) is 0 Å². The van der Waals surface area contributed by atoms with Gasteiger partial charge in [-0.2, -0.15) is 0 Å². The molecule has 34 heavy (non-hydrogen) atoms. The molecule has 2 rings (SSSR count). The van der Waals surface area contributed by atoms with Crippen LogP contribution in [-0.4, -0.2) is 69.5 Å². The van der Waals surface area contributed by atoms with Crippen molar-refractivity contribution in [1.82, 2.24) is 0 Å². The van der Waals surface area contributed by atoms with Crippen LogP contribution in [0.1, 0.15) is 81.1 Å². The molecule has 0 amide bonds. The largest absolute Gasteiger partial charge is 0.462 e. The Kier molecular flexibility index (Phi) is 9.72. The Balaban J connectivity index is 2.35. The van der Waals surface area contributed by atoms with Crippen molar-refractivity contribution in [3.63, 3.8) is 0 Å². The number of esters is 1. The normalized spacial score (nSPS) is 48.1. The Morgan fingerprint density at radius 2 is 1.56 bits per heavy atom. The number of ether oxygens (including phenoxy) is 3. The molecule has 0 aromatic rings. The van der Waals surface area contributed by atoms with Gasteiger partial charge in [-0.05, 0) is 58.8 Å². The summed E-state index contributed by atoms with van der Waals surface area (Å²) >= 11 is 0. The van der Waals surface area contributed by atoms with Gasteiger partial charge in [0.05, 0.1) is 29.8 Å². The predicted octanol–water partition coefficient (Wildman–Crippen LogP) is 2.85. The topological polar surface area (TPSA) is 123 Å². The van der Waals surface area contributed by atoms with Crippen LogP contribution in [0.15, 0.2) is 0 Å². The fourth-order valence-electron chi connectivity index (χ4n) is 5.73. The third-order valence-electron chi connectivity index (χ3n) is 7.51. The number of aliphatic hydroxyl groups is 3. The zero-order valence-corrected chi connectivity index (χ0v) is 22.1. The summed E-state index contributed by atoms with van der Waals surface area (Å²) in [6, 6.07) is 0. The van der Waals surface area contributed by atoms with Crippen LogP contribution in [0.4, 0.5) is 0 Å². The van der Waals surface area contributed by atoms with E-state index in [1.165, 1.54) is 6.92 Å². The van der Waals surface area contributed by atoms with Crippen molar-refractivity contribution in [2.75, 3.05) is 6.61 Å². The Morgan fingerprint density at radius 3 is 2.15 bits per heavy atom. The second-order valence-electron chi connectivity index (χ2n) is 11.7. The third-order valence-corrected chi connectivity index (χ3v) is 7.51. The quantitative estimate of drug-likeness (QED) is 0.509. The van der Waals surface area contributed by atoms with Crippen LogP contribution in [0.2, 0.25) is 0 Å². The molecule has 0 bridgehead atoms. The molecule has 2 aliphatic heterocycles. The molecule has 8 nitrogen and oxygen atoms in total. The lowest BCUT2D eigenvalue weighted by molar-refractivity contribution is -0.240. The second-order valence-corrected chi connectivity index (χ2v) is 11.7. The summed E-state index contributed by atoms with van der Waals surface area (Å²) in [4.78, 5) is 26.0. The van der Waals surface area contributed by atoms with Crippen LogP contribution >= 0.6 is 0 Å². The van der Waals surface area contributed by atoms with Crippen molar-refractivity contribution < 1.29 is 39.1 Å². The number of aliphatic hydroxyl groups excluding tert-OH is 1. The van der Waals surface area contributed by atoms with E-state index in [0.717, 1.165) is 6.42 Å². The molecule has 0 saturated carbocycles. The van der Waals surface area contributed by atoms with Crippen LogP contribution < -0.4 is 0 Å². The molecule has 5 unspecified atom stereocenters. The number of ketones is 1. The number of cyclic esters (lactones) is 1. The van der Waals surface area contributed by atoms with Gasteiger partial charge in [0, 0.05) is 18.3 Å². The van der Waals surface area contributed by atoms with E-state index in [2.05, 4.69) is 6.92 Å². The lowest BCUT2D eigenvalue weighted by Crippen LogP contribution is -2.51. The molecule has 8 heteroatoms. The molecule has 3 N–H and O–H groups in total. The van der Waals surface area contributed by atoms with E-state index in [0.29, 0.717) is 18.8 Å². The molecule has 11 atom stereocenters. The van der Waals surface area contributed by atoms with E-state index < -0.39 is 60.0 Å². The second kappa shape index (κ2) is 11.3. The number of hydrogen-bond donors (Lipinski definition) is 3. The average molecular weight is 487 g/mol. The summed E-state index contributed by atoms with van der Waals surface area (Å²) in [5.74, 6) is -2.79. The summed E-state index contributed by atoms with van der Waals surface area (Å²) in [7, 11) is 0. The molecule has 0 spiro atoms. The van der Waals surface area contributed by atoms with Crippen LogP contribution in [0, 0.1) is 29.6 Å². The molecule has 2 saturated heterocycles. The Hall–Kier alpha value is -1.06. The van der Waals surface area contributed by atoms with Gasteiger partial charge in [0.25, 0.3) is 0 Å². The van der Waals surface area contributed by atoms with Crippen LogP contribution in [0.3, 0.4) is 0 Å². The van der Waals surface area contributed by atoms with E-state index in [9.17, 15) is 24.9 Å². The minimum Gasteiger partial charge on any atom is -0.462 e. The lowest BCUT2D eigenvalue weighted by Gasteiger charge is -2.40. The molecule has 198 valence electrons. The molecular weight excluding hydrogens is 440 g/mol. The summed E-state index contributed by atoms with van der Waals surface area (Å²) in [5, 5.41) is 32.7. The average Bonchev–Trinajstić information content (AvgIpc) is 2.71. The Labute approximate surface area is 204 Å². The summed E-state index contributed by atoms with van der Waals surface area (Å²) in [6.45, 7) is 13.6. The van der Waals surface area contributed by atoms with Crippen molar-refractivity contribution in [1.29, 1.82) is 0 Å². The minimum absolute atomic E-state index is 0.0402. The highest BCUT2D eigenvalue weighted by Gasteiger charge is 2.44. The van der Waals surface area contributed by atoms with Crippen molar-refractivity contribution >= 4 is 11.8 Å². The Bertz CT molecular complexity index is 695. The molecule has 2 aliphatic rings. The number of hydrogen-bond acceptors (Lipinski definition) is 8. The monoisotopic (exact) mass is 486 g/mol. The van der Waals surface area contributed by atoms with E-state index in [-0.39, 0.29) is 24.2 Å². The van der Waals surface area contributed by atoms with Crippen molar-refractivity contribution in [2.45, 2.75) is 117 Å². The highest BCUT2D eigenvalue weighted by molar-refractivity contribution is 5.83. The molecular formula is C26H46O8. The number of rotatable bonds is 2. The summed E-state index contributed by atoms with van der Waals surface area (Å²) in [5.41, 5.74) is -3.01. The fraction of sp³-hybridized carbons (Fsp3) is 0.923. The predicted molar refractivity (Wildman–Crippen MR) is 127 cm³/mol. The van der Waals surface area contributed by atoms with Crippen molar-refractivity contribution in [3.05, 3.63) is 0 Å². The van der Waals surface area contributed by atoms with Gasteiger partial charge in [0.15, 0.2) is 6.29 Å². The zero-order chi connectivity index (χ0) is 26.0. The van der Waals surface area contributed by atoms with Gasteiger partial charge in [-0.15, -0.1) is 0 Å². The standard InChI is InChI=1S/C26H46O8/c1-14-9-17(4)33-20(10-14)34-22-16(3)12-25(7,30)11-15(2)21(27)18(5)23(28)26(8,31)13-32-24(29)19(22)6/h14-20,22-23,28,30-31H,9-13H2,1-8H3/t14?,15-,16-,17?,18?,19?,20+,22+,23?,25-,26-/m1/s1. The van der Waals surface area contributed by atoms with E-state index in [1.54, 1.807) is 27.7 Å². The molecule has 0 aromatic heterocycles. The first kappa shape index (κ1) is 29.2. The van der Waals surface area contributed by atoms with Gasteiger partial charge < -0.3 is 29.5 Å². The minimum atomic E-state index is -1.81. The van der Waals surface area contributed by atoms with Crippen molar-refractivity contribution in [2.24, 2.45) is 29.6 Å². The third kappa shape index (κ3) is 7.47. The first-order valence-corrected chi connectivity index (χ1v) is 12.7. The van der Waals surface area contributed by atoms with Gasteiger partial charge in [-0.25, -0.2) is 0 Å². The number of Topliss-reactive ketones (excluding diaryl/α,β-unsaturated/α-hetero) is 1. The van der Waals surface area contributed by atoms with E-state index in [4.69, 9.17) is 14.2 Å². The maximum atomic E-state index is 13.0. The summed E-state index contributed by atoms with van der Waals surface area (Å²) in [6.07, 6.45) is -0.333. The maximum Gasteiger partial charge on any atom is 0.311 e. The van der Waals surface area contributed by atoms with Crippen LogP contribution in [-0.2, 0) is 23.8 Å². The fourth-order valence-corrected chi connectivity index (χ4v) is 5.73. The van der Waals surface area contributed by atoms with Gasteiger partial charge >= 0.3 is 5.97 Å². The zero-order valence-electron chi connectivity index (χ0n) is 22.1. The molecule has 0 aliphatic carbocycles. The van der Waals surface area contributed by atoms with Crippen molar-refractivity contribution in [3.8, 4) is 0 Å². The molecule has 0 aromatic carbocycles. The first-order chi connectivity index (χ1) is 15.5. The van der Waals surface area contributed by atoms with Gasteiger partial charge in [0.1, 0.15) is 18.0 Å². The maximum absolute atomic E-state index is 13.0. The number of carbonyl (C=O) groups excluding carboxylic acids is 2. The Morgan fingerprint density at radius 1 is 0.941 bits per heavy atom. The van der Waals surface area contributed by atoms with Crippen LogP contribution in [0.25, 0.3) is 0 Å². The smallest absolute Gasteiger partial charge is 0.311 e. The molecule has 2 heterocycles. The van der Waals surface area contributed by atoms with Gasteiger partial charge in [-0.1, -0.05) is 27.7 Å². The summed E-state index contributed by atoms with van der Waals surface area (Å²) < 4.78 is 17.7. The van der Waals surface area contributed by atoms with E-state index >= 15 is 0 Å². The highest BCUT2D eigenvalue weighted by atomic mass is 16.7. The number of carbonyl (C=O) groups is 2. The van der Waals surface area contributed by atoms with Gasteiger partial charge in [0.2, 0.25) is 0 Å². The highest BCUT2D eigenvalue weighted by Crippen LogP contribution is 2.35. The molecule has 0 radical (unpaired) electrons.